The molecule has 1 N–H and O–H groups in total. The summed E-state index contributed by atoms with van der Waals surface area (Å²) in [5.74, 6) is 0.739. The van der Waals surface area contributed by atoms with Crippen molar-refractivity contribution in [2.45, 2.75) is 58.0 Å². The fourth-order valence-corrected chi connectivity index (χ4v) is 4.42. The molecule has 0 spiro atoms. The van der Waals surface area contributed by atoms with Crippen LogP contribution >= 0.6 is 0 Å². The zero-order valence-corrected chi connectivity index (χ0v) is 17.6. The summed E-state index contributed by atoms with van der Waals surface area (Å²) >= 11 is 0. The number of hydrogen-bond acceptors (Lipinski definition) is 3. The molecule has 1 amide bonds. The highest BCUT2D eigenvalue weighted by Gasteiger charge is 2.26. The Labute approximate surface area is 172 Å². The fourth-order valence-electron chi connectivity index (χ4n) is 4.42. The molecule has 1 saturated carbocycles. The highest BCUT2D eigenvalue weighted by atomic mass is 16.1. The van der Waals surface area contributed by atoms with Gasteiger partial charge in [-0.3, -0.25) is 19.2 Å². The van der Waals surface area contributed by atoms with Crippen molar-refractivity contribution < 1.29 is 4.79 Å². The number of amides is 1. The smallest absolute Gasteiger partial charge is 0.276 e. The van der Waals surface area contributed by atoms with E-state index in [0.29, 0.717) is 24.9 Å². The zero-order chi connectivity index (χ0) is 20.4. The number of hydrogen-bond donors (Lipinski definition) is 1. The average Bonchev–Trinajstić information content (AvgIpc) is 3.51. The van der Waals surface area contributed by atoms with Crippen LogP contribution in [0.2, 0.25) is 0 Å². The Morgan fingerprint density at radius 3 is 2.66 bits per heavy atom. The van der Waals surface area contributed by atoms with Crippen LogP contribution in [0.3, 0.4) is 0 Å². The van der Waals surface area contributed by atoms with Crippen LogP contribution in [0.5, 0.6) is 0 Å². The van der Waals surface area contributed by atoms with Gasteiger partial charge in [0.15, 0.2) is 0 Å². The average molecular weight is 397 g/mol. The number of para-hydroxylation sites is 1. The van der Waals surface area contributed by atoms with Gasteiger partial charge in [-0.2, -0.15) is 0 Å². The molecular weight excluding hydrogens is 364 g/mol. The molecule has 4 rings (SSSR count). The fraction of sp³-hybridized carbons (Fsp3) is 0.565. The van der Waals surface area contributed by atoms with Gasteiger partial charge >= 0.3 is 0 Å². The third kappa shape index (κ3) is 4.64. The van der Waals surface area contributed by atoms with E-state index < -0.39 is 0 Å². The van der Waals surface area contributed by atoms with E-state index in [1.165, 1.54) is 6.42 Å². The molecule has 156 valence electrons. The first-order valence-corrected chi connectivity index (χ1v) is 10.9. The molecule has 2 heterocycles. The van der Waals surface area contributed by atoms with Crippen molar-refractivity contribution in [1.29, 1.82) is 0 Å². The van der Waals surface area contributed by atoms with E-state index in [2.05, 4.69) is 10.2 Å². The van der Waals surface area contributed by atoms with Gasteiger partial charge in [0, 0.05) is 38.3 Å². The van der Waals surface area contributed by atoms with E-state index in [4.69, 9.17) is 0 Å². The van der Waals surface area contributed by atoms with E-state index in [1.807, 2.05) is 49.0 Å². The number of likely N-dealkylation sites (tertiary alicyclic amines) is 1. The number of carbonyl (C=O) groups is 1. The quantitative estimate of drug-likeness (QED) is 0.783. The lowest BCUT2D eigenvalue weighted by Crippen LogP contribution is -2.37. The van der Waals surface area contributed by atoms with E-state index in [9.17, 15) is 9.59 Å². The van der Waals surface area contributed by atoms with E-state index in [-0.39, 0.29) is 11.5 Å². The number of aromatic nitrogens is 2. The molecular formula is C23H32N4O2. The normalized spacial score (nSPS) is 20.0. The third-order valence-electron chi connectivity index (χ3n) is 6.38. The highest BCUT2D eigenvalue weighted by Crippen LogP contribution is 2.24. The van der Waals surface area contributed by atoms with Crippen LogP contribution in [-0.2, 0) is 18.4 Å². The van der Waals surface area contributed by atoms with Gasteiger partial charge in [-0.25, -0.2) is 4.68 Å². The lowest BCUT2D eigenvalue weighted by Gasteiger charge is -2.32. The molecule has 2 aromatic rings. The predicted molar refractivity (Wildman–Crippen MR) is 114 cm³/mol. The molecule has 2 fully saturated rings. The second-order valence-electron chi connectivity index (χ2n) is 8.66. The number of piperidine rings is 1. The molecule has 6 heteroatoms. The summed E-state index contributed by atoms with van der Waals surface area (Å²) in [6, 6.07) is 10.3. The highest BCUT2D eigenvalue weighted by molar-refractivity contribution is 5.76. The summed E-state index contributed by atoms with van der Waals surface area (Å²) in [4.78, 5) is 27.5. The summed E-state index contributed by atoms with van der Waals surface area (Å²) in [7, 11) is 1.95. The first kappa shape index (κ1) is 20.0. The topological polar surface area (TPSA) is 59.3 Å². The molecule has 29 heavy (non-hydrogen) atoms. The first-order chi connectivity index (χ1) is 14.0. The van der Waals surface area contributed by atoms with Gasteiger partial charge in [-0.15, -0.1) is 0 Å². The van der Waals surface area contributed by atoms with Gasteiger partial charge in [-0.1, -0.05) is 18.2 Å². The predicted octanol–water partition coefficient (Wildman–Crippen LogP) is 2.76. The molecule has 2 aliphatic rings. The Morgan fingerprint density at radius 2 is 1.93 bits per heavy atom. The first-order valence-electron chi connectivity index (χ1n) is 10.9. The lowest BCUT2D eigenvalue weighted by atomic mass is 9.93. The Balaban J connectivity index is 1.41. The second-order valence-corrected chi connectivity index (χ2v) is 8.66. The summed E-state index contributed by atoms with van der Waals surface area (Å²) in [6.45, 7) is 4.70. The molecule has 1 aromatic heterocycles. The summed E-state index contributed by atoms with van der Waals surface area (Å²) in [5, 5.41) is 3.08. The minimum absolute atomic E-state index is 0.0714. The van der Waals surface area contributed by atoms with Crippen LogP contribution in [0.4, 0.5) is 0 Å². The van der Waals surface area contributed by atoms with E-state index >= 15 is 0 Å². The zero-order valence-electron chi connectivity index (χ0n) is 17.6. The molecule has 0 unspecified atom stereocenters. The molecule has 1 atom stereocenters. The Kier molecular flexibility index (Phi) is 5.90. The minimum Gasteiger partial charge on any atom is -0.353 e. The monoisotopic (exact) mass is 396 g/mol. The second kappa shape index (κ2) is 8.57. The molecule has 1 aliphatic carbocycles. The Bertz CT molecular complexity index is 911. The van der Waals surface area contributed by atoms with Crippen molar-refractivity contribution >= 4 is 5.91 Å². The van der Waals surface area contributed by atoms with E-state index in [0.717, 1.165) is 55.7 Å². The summed E-state index contributed by atoms with van der Waals surface area (Å²) in [5.41, 5.74) is 2.86. The number of rotatable bonds is 7. The van der Waals surface area contributed by atoms with Crippen LogP contribution in [0, 0.1) is 12.8 Å². The van der Waals surface area contributed by atoms with Gasteiger partial charge in [0.1, 0.15) is 0 Å². The third-order valence-corrected chi connectivity index (χ3v) is 6.38. The summed E-state index contributed by atoms with van der Waals surface area (Å²) < 4.78 is 3.71. The van der Waals surface area contributed by atoms with Crippen molar-refractivity contribution in [3.63, 3.8) is 0 Å². The van der Waals surface area contributed by atoms with Gasteiger partial charge in [0.2, 0.25) is 5.91 Å². The van der Waals surface area contributed by atoms with Crippen molar-refractivity contribution in [3.05, 3.63) is 51.9 Å². The van der Waals surface area contributed by atoms with Gasteiger partial charge in [0.25, 0.3) is 5.56 Å². The Morgan fingerprint density at radius 1 is 1.17 bits per heavy atom. The van der Waals surface area contributed by atoms with Crippen LogP contribution in [0.1, 0.15) is 49.8 Å². The minimum atomic E-state index is 0.0714. The number of benzene rings is 1. The van der Waals surface area contributed by atoms with Crippen LogP contribution in [0.25, 0.3) is 5.69 Å². The van der Waals surface area contributed by atoms with Crippen molar-refractivity contribution in [2.24, 2.45) is 13.0 Å². The van der Waals surface area contributed by atoms with Crippen LogP contribution in [0.15, 0.2) is 35.1 Å². The Hall–Kier alpha value is -2.34. The van der Waals surface area contributed by atoms with Crippen molar-refractivity contribution in [2.75, 3.05) is 13.1 Å². The van der Waals surface area contributed by atoms with Crippen LogP contribution in [-0.4, -0.2) is 39.3 Å². The molecule has 0 radical (unpaired) electrons. The maximum Gasteiger partial charge on any atom is 0.276 e. The molecule has 0 bridgehead atoms. The standard InChI is InChI=1S/C23H32N4O2/c1-17-21(23(29)27(25(17)2)20-8-4-3-5-9-20)16-26-14-6-7-18(15-26)10-13-22(28)24-19-11-12-19/h3-5,8-9,18-19H,6-7,10-16H2,1-2H3,(H,24,28)/t18-/m1/s1. The van der Waals surface area contributed by atoms with Crippen molar-refractivity contribution in [1.82, 2.24) is 19.6 Å². The van der Waals surface area contributed by atoms with Crippen LogP contribution < -0.4 is 10.9 Å². The largest absolute Gasteiger partial charge is 0.353 e. The molecule has 1 aliphatic heterocycles. The maximum absolute atomic E-state index is 13.2. The van der Waals surface area contributed by atoms with E-state index in [1.54, 1.807) is 4.68 Å². The number of carbonyl (C=O) groups excluding carboxylic acids is 1. The lowest BCUT2D eigenvalue weighted by molar-refractivity contribution is -0.121. The van der Waals surface area contributed by atoms with Gasteiger partial charge < -0.3 is 5.32 Å². The van der Waals surface area contributed by atoms with Gasteiger partial charge in [-0.05, 0) is 63.6 Å². The molecule has 6 nitrogen and oxygen atoms in total. The maximum atomic E-state index is 13.2. The summed E-state index contributed by atoms with van der Waals surface area (Å²) in [6.07, 6.45) is 6.15. The number of nitrogens with zero attached hydrogens (tertiary/aromatic N) is 3. The molecule has 1 aromatic carbocycles. The SMILES string of the molecule is Cc1c(CN2CCC[C@H](CCC(=O)NC3CC3)C2)c(=O)n(-c2ccccc2)n1C. The van der Waals surface area contributed by atoms with Gasteiger partial charge in [0.05, 0.1) is 11.3 Å². The van der Waals surface area contributed by atoms with Crippen molar-refractivity contribution in [3.8, 4) is 5.69 Å². The molecule has 1 saturated heterocycles. The number of nitrogens with one attached hydrogen (secondary N) is 1.